The minimum Gasteiger partial charge on any atom is -0.393 e. The molecule has 0 radical (unpaired) electrons. The van der Waals surface area contributed by atoms with E-state index in [1.54, 1.807) is 0 Å². The molecule has 1 aliphatic rings. The van der Waals surface area contributed by atoms with Gasteiger partial charge in [0.15, 0.2) is 0 Å². The van der Waals surface area contributed by atoms with Gasteiger partial charge in [0.05, 0.1) is 23.2 Å². The number of carbonyl (C=O) groups excluding carboxylic acids is 2. The number of carbonyl (C=O) groups is 2. The minimum absolute atomic E-state index is 0.180. The molecule has 0 aliphatic carbocycles. The quantitative estimate of drug-likeness (QED) is 0.279. The molecule has 0 unspecified atom stereocenters. The van der Waals surface area contributed by atoms with Crippen molar-refractivity contribution in [1.29, 1.82) is 0 Å². The van der Waals surface area contributed by atoms with E-state index < -0.39 is 11.9 Å². The van der Waals surface area contributed by atoms with Gasteiger partial charge in [-0.05, 0) is 36.5 Å². The fourth-order valence-corrected chi connectivity index (χ4v) is 2.60. The number of benzene rings is 1. The summed E-state index contributed by atoms with van der Waals surface area (Å²) in [5, 5.41) is 2.29. The van der Waals surface area contributed by atoms with Crippen LogP contribution in [0.5, 0.6) is 0 Å². The lowest BCUT2D eigenvalue weighted by atomic mass is 10.1. The van der Waals surface area contributed by atoms with Gasteiger partial charge in [0.2, 0.25) is 0 Å². The Labute approximate surface area is 113 Å². The first kappa shape index (κ1) is 13.0. The number of ether oxygens (including phenoxy) is 1. The van der Waals surface area contributed by atoms with Gasteiger partial charge in [0.25, 0.3) is 0 Å². The van der Waals surface area contributed by atoms with Crippen LogP contribution in [0, 0.1) is 5.92 Å². The molecule has 0 amide bonds. The number of nitrogens with zero attached hydrogens (tertiary/aromatic N) is 1. The highest BCUT2D eigenvalue weighted by molar-refractivity contribution is 7.99. The van der Waals surface area contributed by atoms with E-state index >= 15 is 0 Å². The summed E-state index contributed by atoms with van der Waals surface area (Å²) in [6, 6.07) is 7.41. The number of thioether (sulfide) groups is 1. The van der Waals surface area contributed by atoms with Crippen molar-refractivity contribution in [3.63, 3.8) is 0 Å². The van der Waals surface area contributed by atoms with E-state index in [0.717, 1.165) is 10.6 Å². The first-order valence-corrected chi connectivity index (χ1v) is 6.63. The molecule has 4 nitrogen and oxygen atoms in total. The third-order valence-corrected chi connectivity index (χ3v) is 3.69. The first-order valence-electron chi connectivity index (χ1n) is 5.24. The Balaban J connectivity index is 1.92. The normalized spacial score (nSPS) is 18.3. The van der Waals surface area contributed by atoms with Crippen LogP contribution in [-0.2, 0) is 14.3 Å². The topological polar surface area (TPSA) is 55.7 Å². The van der Waals surface area contributed by atoms with Crippen LogP contribution in [0.3, 0.4) is 0 Å². The number of thiocarbonyl (C=S) groups is 1. The summed E-state index contributed by atoms with van der Waals surface area (Å²) in [5.74, 6) is -0.646. The molecule has 1 aromatic carbocycles. The molecule has 0 spiro atoms. The molecule has 1 saturated heterocycles. The largest absolute Gasteiger partial charge is 0.393 e. The van der Waals surface area contributed by atoms with Crippen LogP contribution in [0.25, 0.3) is 0 Å². The molecule has 1 heterocycles. The van der Waals surface area contributed by atoms with Gasteiger partial charge >= 0.3 is 11.9 Å². The lowest BCUT2D eigenvalue weighted by Gasteiger charge is -2.04. The monoisotopic (exact) mass is 279 g/mol. The summed E-state index contributed by atoms with van der Waals surface area (Å²) in [6.45, 7) is 0. The Hall–Kier alpha value is -1.49. The Morgan fingerprint density at radius 2 is 2.11 bits per heavy atom. The first-order chi connectivity index (χ1) is 8.69. The summed E-state index contributed by atoms with van der Waals surface area (Å²) in [4.78, 5) is 27.0. The maximum atomic E-state index is 11.3. The Bertz CT molecular complexity index is 521. The highest BCUT2D eigenvalue weighted by Gasteiger charge is 2.33. The molecule has 0 aromatic heterocycles. The lowest BCUT2D eigenvalue weighted by Crippen LogP contribution is -2.09. The molecule has 92 valence electrons. The zero-order valence-electron chi connectivity index (χ0n) is 9.29. The van der Waals surface area contributed by atoms with Crippen LogP contribution < -0.4 is 0 Å². The van der Waals surface area contributed by atoms with Crippen LogP contribution >= 0.6 is 24.0 Å². The number of hydrogen-bond donors (Lipinski definition) is 0. The van der Waals surface area contributed by atoms with Gasteiger partial charge in [-0.2, -0.15) is 4.99 Å². The Kier molecular flexibility index (Phi) is 4.25. The molecule has 6 heteroatoms. The molecule has 1 aromatic rings. The Morgan fingerprint density at radius 3 is 2.67 bits per heavy atom. The van der Waals surface area contributed by atoms with Gasteiger partial charge in [0, 0.05) is 10.6 Å². The van der Waals surface area contributed by atoms with Crippen LogP contribution in [0.1, 0.15) is 6.42 Å². The van der Waals surface area contributed by atoms with Gasteiger partial charge in [0.1, 0.15) is 0 Å². The molecule has 1 fully saturated rings. The maximum Gasteiger partial charge on any atom is 0.318 e. The van der Waals surface area contributed by atoms with Crippen molar-refractivity contribution in [2.24, 2.45) is 10.9 Å². The van der Waals surface area contributed by atoms with Crippen molar-refractivity contribution in [3.05, 3.63) is 24.3 Å². The van der Waals surface area contributed by atoms with E-state index in [2.05, 4.69) is 27.1 Å². The summed E-state index contributed by atoms with van der Waals surface area (Å²) in [5.41, 5.74) is 0.741. The van der Waals surface area contributed by atoms with Crippen molar-refractivity contribution in [3.8, 4) is 0 Å². The van der Waals surface area contributed by atoms with E-state index in [-0.39, 0.29) is 12.3 Å². The molecule has 0 saturated carbocycles. The van der Waals surface area contributed by atoms with Gasteiger partial charge in [-0.3, -0.25) is 9.59 Å². The predicted molar refractivity (Wildman–Crippen MR) is 71.1 cm³/mol. The van der Waals surface area contributed by atoms with E-state index in [0.29, 0.717) is 5.75 Å². The highest BCUT2D eigenvalue weighted by Crippen LogP contribution is 2.27. The van der Waals surface area contributed by atoms with Gasteiger partial charge in [-0.1, -0.05) is 0 Å². The molecular formula is C12H9NO3S2. The molecule has 0 bridgehead atoms. The van der Waals surface area contributed by atoms with Gasteiger partial charge < -0.3 is 4.74 Å². The van der Waals surface area contributed by atoms with Crippen LogP contribution in [0.15, 0.2) is 34.2 Å². The molecule has 18 heavy (non-hydrogen) atoms. The van der Waals surface area contributed by atoms with Crippen LogP contribution in [0.4, 0.5) is 5.69 Å². The SMILES string of the molecule is O=C1C[C@H](CSc2ccc(N=C=S)cc2)C(=O)O1. The van der Waals surface area contributed by atoms with Crippen molar-refractivity contribution in [2.45, 2.75) is 11.3 Å². The lowest BCUT2D eigenvalue weighted by molar-refractivity contribution is -0.152. The standard InChI is InChI=1S/C12H9NO3S2/c14-11-5-8(12(15)16-11)6-18-10-3-1-9(2-4-10)13-7-17/h1-4,8H,5-6H2/t8-/m1/s1. The number of hydrogen-bond acceptors (Lipinski definition) is 6. The minimum atomic E-state index is -0.434. The third kappa shape index (κ3) is 3.26. The molecule has 0 N–H and O–H groups in total. The summed E-state index contributed by atoms with van der Waals surface area (Å²) >= 11 is 6.02. The third-order valence-electron chi connectivity index (χ3n) is 2.42. The number of rotatable bonds is 4. The summed E-state index contributed by atoms with van der Waals surface area (Å²) < 4.78 is 4.49. The zero-order chi connectivity index (χ0) is 13.0. The zero-order valence-corrected chi connectivity index (χ0v) is 10.9. The predicted octanol–water partition coefficient (Wildman–Crippen LogP) is 2.60. The van der Waals surface area contributed by atoms with Crippen molar-refractivity contribution < 1.29 is 14.3 Å². The van der Waals surface area contributed by atoms with Gasteiger partial charge in [-0.15, -0.1) is 11.8 Å². The van der Waals surface area contributed by atoms with Crippen molar-refractivity contribution >= 4 is 46.8 Å². The Morgan fingerprint density at radius 1 is 1.39 bits per heavy atom. The summed E-state index contributed by atoms with van der Waals surface area (Å²) in [7, 11) is 0. The van der Waals surface area contributed by atoms with E-state index in [9.17, 15) is 9.59 Å². The second kappa shape index (κ2) is 5.91. The fourth-order valence-electron chi connectivity index (χ4n) is 1.52. The highest BCUT2D eigenvalue weighted by atomic mass is 32.2. The van der Waals surface area contributed by atoms with E-state index in [4.69, 9.17) is 0 Å². The average Bonchev–Trinajstić information content (AvgIpc) is 2.67. The molecular weight excluding hydrogens is 270 g/mol. The number of esters is 2. The van der Waals surface area contributed by atoms with E-state index in [1.807, 2.05) is 24.3 Å². The second-order valence-corrected chi connectivity index (χ2v) is 4.98. The van der Waals surface area contributed by atoms with Crippen LogP contribution in [-0.4, -0.2) is 22.9 Å². The number of cyclic esters (lactones) is 2. The van der Waals surface area contributed by atoms with Crippen molar-refractivity contribution in [2.75, 3.05) is 5.75 Å². The average molecular weight is 279 g/mol. The number of isothiocyanates is 1. The van der Waals surface area contributed by atoms with Crippen molar-refractivity contribution in [1.82, 2.24) is 0 Å². The number of aliphatic imine (C=N–C) groups is 1. The van der Waals surface area contributed by atoms with E-state index in [1.165, 1.54) is 11.8 Å². The summed E-state index contributed by atoms with van der Waals surface area (Å²) in [6.07, 6.45) is 0.180. The molecule has 2 rings (SSSR count). The molecule has 1 aliphatic heterocycles. The molecule has 1 atom stereocenters. The second-order valence-electron chi connectivity index (χ2n) is 3.70. The van der Waals surface area contributed by atoms with Crippen LogP contribution in [0.2, 0.25) is 0 Å². The smallest absolute Gasteiger partial charge is 0.318 e. The van der Waals surface area contributed by atoms with Gasteiger partial charge in [-0.25, -0.2) is 0 Å². The fraction of sp³-hybridized carbons (Fsp3) is 0.250. The maximum absolute atomic E-state index is 11.3.